The van der Waals surface area contributed by atoms with E-state index in [9.17, 15) is 14.9 Å². The number of hydrogen-bond donors (Lipinski definition) is 1. The summed E-state index contributed by atoms with van der Waals surface area (Å²) in [5.74, 6) is -1.22. The van der Waals surface area contributed by atoms with Crippen LogP contribution in [-0.4, -0.2) is 26.0 Å². The van der Waals surface area contributed by atoms with Crippen molar-refractivity contribution < 1.29 is 14.8 Å². The topological polar surface area (TPSA) is 106 Å². The van der Waals surface area contributed by atoms with E-state index < -0.39 is 10.9 Å². The Morgan fingerprint density at radius 2 is 2.16 bits per heavy atom. The first-order valence-electron chi connectivity index (χ1n) is 5.04. The van der Waals surface area contributed by atoms with Crippen molar-refractivity contribution in [2.75, 3.05) is 0 Å². The highest BCUT2D eigenvalue weighted by Gasteiger charge is 2.22. The minimum absolute atomic E-state index is 0.0544. The molecule has 0 amide bonds. The molecule has 0 spiro atoms. The molecule has 2 aromatic rings. The summed E-state index contributed by atoms with van der Waals surface area (Å²) in [6.45, 7) is 0. The lowest BCUT2D eigenvalue weighted by atomic mass is 10.2. The van der Waals surface area contributed by atoms with Gasteiger partial charge < -0.3 is 5.11 Å². The molecule has 19 heavy (non-hydrogen) atoms. The number of hydrogen-bond acceptors (Lipinski definition) is 6. The molecule has 96 valence electrons. The van der Waals surface area contributed by atoms with Crippen molar-refractivity contribution in [2.45, 2.75) is 9.92 Å². The first-order chi connectivity index (χ1) is 9.09. The van der Waals surface area contributed by atoms with Gasteiger partial charge in [0.25, 0.3) is 5.69 Å². The third-order valence-corrected chi connectivity index (χ3v) is 3.27. The van der Waals surface area contributed by atoms with Crippen LogP contribution in [0.2, 0.25) is 0 Å². The molecule has 1 heterocycles. The maximum atomic E-state index is 11.1. The zero-order valence-electron chi connectivity index (χ0n) is 9.39. The second-order valence-electron chi connectivity index (χ2n) is 3.37. The third-order valence-electron chi connectivity index (χ3n) is 2.18. The Balaban J connectivity index is 2.52. The maximum absolute atomic E-state index is 11.1. The van der Waals surface area contributed by atoms with Crippen LogP contribution in [0.1, 0.15) is 10.4 Å². The van der Waals surface area contributed by atoms with Crippen LogP contribution in [0.5, 0.6) is 0 Å². The third kappa shape index (κ3) is 2.86. The van der Waals surface area contributed by atoms with Gasteiger partial charge in [-0.05, 0) is 12.1 Å². The highest BCUT2D eigenvalue weighted by atomic mass is 32.2. The molecule has 0 aliphatic rings. The number of nitro benzene ring substituents is 1. The maximum Gasteiger partial charge on any atom is 0.337 e. The summed E-state index contributed by atoms with van der Waals surface area (Å²) >= 11 is 0.924. The van der Waals surface area contributed by atoms with Gasteiger partial charge in [-0.3, -0.25) is 10.1 Å². The summed E-state index contributed by atoms with van der Waals surface area (Å²) in [5.41, 5.74) is -0.388. The number of benzene rings is 1. The Morgan fingerprint density at radius 3 is 2.74 bits per heavy atom. The van der Waals surface area contributed by atoms with Crippen molar-refractivity contribution in [1.82, 2.24) is 9.97 Å². The first-order valence-corrected chi connectivity index (χ1v) is 5.86. The molecule has 8 heteroatoms. The predicted octanol–water partition coefficient (Wildman–Crippen LogP) is 2.23. The first kappa shape index (κ1) is 13.0. The Kier molecular flexibility index (Phi) is 3.71. The Hall–Kier alpha value is -2.48. The number of carbonyl (C=O) groups is 1. The van der Waals surface area contributed by atoms with Gasteiger partial charge in [0, 0.05) is 12.3 Å². The molecule has 0 aliphatic heterocycles. The van der Waals surface area contributed by atoms with Crippen molar-refractivity contribution in [1.29, 1.82) is 0 Å². The smallest absolute Gasteiger partial charge is 0.337 e. The second-order valence-corrected chi connectivity index (χ2v) is 4.40. The molecule has 0 bridgehead atoms. The van der Waals surface area contributed by atoms with Crippen LogP contribution < -0.4 is 0 Å². The van der Waals surface area contributed by atoms with Gasteiger partial charge in [0.1, 0.15) is 16.2 Å². The van der Waals surface area contributed by atoms with Crippen molar-refractivity contribution in [3.8, 4) is 0 Å². The fourth-order valence-corrected chi connectivity index (χ4v) is 2.34. The van der Waals surface area contributed by atoms with E-state index in [1.165, 1.54) is 30.7 Å². The second kappa shape index (κ2) is 5.44. The van der Waals surface area contributed by atoms with E-state index in [1.54, 1.807) is 6.07 Å². The lowest BCUT2D eigenvalue weighted by Crippen LogP contribution is -2.02. The van der Waals surface area contributed by atoms with Crippen molar-refractivity contribution >= 4 is 23.4 Å². The molecule has 0 aliphatic carbocycles. The van der Waals surface area contributed by atoms with Gasteiger partial charge in [-0.15, -0.1) is 0 Å². The van der Waals surface area contributed by atoms with Crippen LogP contribution in [-0.2, 0) is 0 Å². The van der Waals surface area contributed by atoms with E-state index in [0.29, 0.717) is 5.03 Å². The summed E-state index contributed by atoms with van der Waals surface area (Å²) in [6, 6.07) is 5.47. The molecule has 0 unspecified atom stereocenters. The molecule has 1 aromatic heterocycles. The SMILES string of the molecule is O=C(O)c1cccc([N+](=O)[O-])c1Sc1ccncn1. The highest BCUT2D eigenvalue weighted by molar-refractivity contribution is 7.99. The summed E-state index contributed by atoms with van der Waals surface area (Å²) in [4.78, 5) is 29.1. The van der Waals surface area contributed by atoms with Crippen LogP contribution in [0.25, 0.3) is 0 Å². The summed E-state index contributed by atoms with van der Waals surface area (Å²) < 4.78 is 0. The molecule has 2 rings (SSSR count). The van der Waals surface area contributed by atoms with Crippen LogP contribution in [0, 0.1) is 10.1 Å². The standard InChI is InChI=1S/C11H7N3O4S/c15-11(16)7-2-1-3-8(14(17)18)10(7)19-9-4-5-12-6-13-9/h1-6H,(H,15,16). The Morgan fingerprint density at radius 1 is 1.37 bits per heavy atom. The monoisotopic (exact) mass is 277 g/mol. The number of nitrogens with zero attached hydrogens (tertiary/aromatic N) is 3. The van der Waals surface area contributed by atoms with Gasteiger partial charge in [-0.25, -0.2) is 14.8 Å². The van der Waals surface area contributed by atoms with Crippen molar-refractivity contribution in [3.05, 3.63) is 52.5 Å². The van der Waals surface area contributed by atoms with Gasteiger partial charge in [0.05, 0.1) is 10.5 Å². The molecule has 1 aromatic carbocycles. The average Bonchev–Trinajstić information content (AvgIpc) is 2.39. The summed E-state index contributed by atoms with van der Waals surface area (Å²) in [6.07, 6.45) is 2.77. The largest absolute Gasteiger partial charge is 0.478 e. The minimum Gasteiger partial charge on any atom is -0.478 e. The van der Waals surface area contributed by atoms with Gasteiger partial charge in [0.2, 0.25) is 0 Å². The summed E-state index contributed by atoms with van der Waals surface area (Å²) in [5, 5.41) is 20.5. The molecule has 0 saturated heterocycles. The molecular weight excluding hydrogens is 270 g/mol. The van der Waals surface area contributed by atoms with E-state index in [4.69, 9.17) is 5.11 Å². The normalized spacial score (nSPS) is 10.1. The van der Waals surface area contributed by atoms with E-state index in [2.05, 4.69) is 9.97 Å². The minimum atomic E-state index is -1.22. The van der Waals surface area contributed by atoms with Crippen molar-refractivity contribution in [2.24, 2.45) is 0 Å². The lowest BCUT2D eigenvalue weighted by molar-refractivity contribution is -0.387. The molecule has 7 nitrogen and oxygen atoms in total. The molecule has 1 N–H and O–H groups in total. The number of aromatic nitrogens is 2. The number of carboxylic acid groups (broad SMARTS) is 1. The van der Waals surface area contributed by atoms with E-state index in [1.807, 2.05) is 0 Å². The van der Waals surface area contributed by atoms with Crippen LogP contribution in [0.3, 0.4) is 0 Å². The van der Waals surface area contributed by atoms with Crippen molar-refractivity contribution in [3.63, 3.8) is 0 Å². The van der Waals surface area contributed by atoms with E-state index in [-0.39, 0.29) is 16.1 Å². The van der Waals surface area contributed by atoms with E-state index >= 15 is 0 Å². The zero-order chi connectivity index (χ0) is 13.8. The van der Waals surface area contributed by atoms with Crippen LogP contribution in [0.15, 0.2) is 46.7 Å². The predicted molar refractivity (Wildman–Crippen MR) is 66.2 cm³/mol. The lowest BCUT2D eigenvalue weighted by Gasteiger charge is -2.05. The van der Waals surface area contributed by atoms with Gasteiger partial charge in [-0.2, -0.15) is 0 Å². The van der Waals surface area contributed by atoms with Gasteiger partial charge in [-0.1, -0.05) is 17.8 Å². The fraction of sp³-hybridized carbons (Fsp3) is 0. The van der Waals surface area contributed by atoms with E-state index in [0.717, 1.165) is 11.8 Å². The highest BCUT2D eigenvalue weighted by Crippen LogP contribution is 2.36. The molecule has 0 atom stereocenters. The number of aromatic carboxylic acids is 1. The molecule has 0 radical (unpaired) electrons. The van der Waals surface area contributed by atoms with Crippen LogP contribution >= 0.6 is 11.8 Å². The summed E-state index contributed by atoms with van der Waals surface area (Å²) in [7, 11) is 0. The fourth-order valence-electron chi connectivity index (χ4n) is 1.39. The Bertz CT molecular complexity index is 601. The van der Waals surface area contributed by atoms with Gasteiger partial charge in [0.15, 0.2) is 0 Å². The van der Waals surface area contributed by atoms with Crippen LogP contribution in [0.4, 0.5) is 5.69 Å². The average molecular weight is 277 g/mol. The zero-order valence-corrected chi connectivity index (χ0v) is 10.2. The Labute approximate surface area is 111 Å². The quantitative estimate of drug-likeness (QED) is 0.518. The molecule has 0 fully saturated rings. The number of carboxylic acids is 1. The molecule has 0 saturated carbocycles. The number of nitro groups is 1. The molecular formula is C11H7N3O4S. The number of rotatable bonds is 4. The van der Waals surface area contributed by atoms with Gasteiger partial charge >= 0.3 is 5.97 Å².